The minimum absolute atomic E-state index is 0.0370. The van der Waals surface area contributed by atoms with E-state index in [1.54, 1.807) is 40.7 Å². The molecule has 1 aliphatic carbocycles. The summed E-state index contributed by atoms with van der Waals surface area (Å²) in [5, 5.41) is 5.69. The molecule has 2 heterocycles. The van der Waals surface area contributed by atoms with Gasteiger partial charge >= 0.3 is 0 Å². The van der Waals surface area contributed by atoms with E-state index >= 15 is 0 Å². The molecule has 0 unspecified atom stereocenters. The maximum Gasteiger partial charge on any atom is 0.276 e. The first kappa shape index (κ1) is 22.8. The highest BCUT2D eigenvalue weighted by atomic mass is 19.1. The third kappa shape index (κ3) is 4.29. The van der Waals surface area contributed by atoms with Crippen LogP contribution in [-0.2, 0) is 17.9 Å². The lowest BCUT2D eigenvalue weighted by Gasteiger charge is -2.44. The second-order valence-corrected chi connectivity index (χ2v) is 9.38. The molecule has 9 heteroatoms. The van der Waals surface area contributed by atoms with Crippen LogP contribution in [0, 0.1) is 12.7 Å². The van der Waals surface area contributed by atoms with E-state index in [1.807, 2.05) is 19.1 Å². The summed E-state index contributed by atoms with van der Waals surface area (Å²) in [5.41, 5.74) is 1.49. The van der Waals surface area contributed by atoms with Crippen LogP contribution in [0.4, 0.5) is 10.1 Å². The van der Waals surface area contributed by atoms with Gasteiger partial charge in [0.15, 0.2) is 5.69 Å². The summed E-state index contributed by atoms with van der Waals surface area (Å²) in [6.45, 7) is 4.07. The molecule has 3 aromatic rings. The van der Waals surface area contributed by atoms with Gasteiger partial charge in [0.1, 0.15) is 17.1 Å². The van der Waals surface area contributed by atoms with Crippen LogP contribution < -0.4 is 10.6 Å². The molecule has 180 valence electrons. The highest BCUT2D eigenvalue weighted by Crippen LogP contribution is 2.39. The Morgan fingerprint density at radius 3 is 2.46 bits per heavy atom. The van der Waals surface area contributed by atoms with Gasteiger partial charge in [0.25, 0.3) is 11.8 Å². The van der Waals surface area contributed by atoms with E-state index in [0.29, 0.717) is 5.69 Å². The predicted octanol–water partition coefficient (Wildman–Crippen LogP) is 3.28. The van der Waals surface area contributed by atoms with E-state index in [9.17, 15) is 18.8 Å². The number of carbonyl (C=O) groups excluding carboxylic acids is 3. The number of aromatic nitrogens is 2. The average Bonchev–Trinajstić information content (AvgIpc) is 3.57. The molecule has 0 saturated heterocycles. The number of anilines is 1. The normalized spacial score (nSPS) is 19.3. The first-order valence-corrected chi connectivity index (χ1v) is 11.6. The molecule has 2 aliphatic rings. The average molecular weight is 476 g/mol. The third-order valence-corrected chi connectivity index (χ3v) is 6.56. The van der Waals surface area contributed by atoms with Gasteiger partial charge in [-0.3, -0.25) is 14.4 Å². The number of halogens is 1. The monoisotopic (exact) mass is 475 g/mol. The van der Waals surface area contributed by atoms with Crippen LogP contribution in [0.1, 0.15) is 51.9 Å². The SMILES string of the molecule is Cc1ccc(NC(=O)c2ncn3c2C(=O)N(C2CC2)[C@@](C)(C(=O)NCc2ccc(F)cc2)C3)cc1. The molecule has 1 saturated carbocycles. The van der Waals surface area contributed by atoms with Gasteiger partial charge in [-0.1, -0.05) is 29.8 Å². The lowest BCUT2D eigenvalue weighted by molar-refractivity contribution is -0.133. The van der Waals surface area contributed by atoms with Gasteiger partial charge in [-0.25, -0.2) is 9.37 Å². The molecule has 1 fully saturated rings. The summed E-state index contributed by atoms with van der Waals surface area (Å²) in [7, 11) is 0. The zero-order chi connectivity index (χ0) is 24.7. The number of aryl methyl sites for hydroxylation is 1. The predicted molar refractivity (Wildman–Crippen MR) is 127 cm³/mol. The van der Waals surface area contributed by atoms with Crippen LogP contribution in [0.5, 0.6) is 0 Å². The number of nitrogens with one attached hydrogen (secondary N) is 2. The minimum atomic E-state index is -1.16. The first-order chi connectivity index (χ1) is 16.8. The van der Waals surface area contributed by atoms with Crippen molar-refractivity contribution in [2.75, 3.05) is 5.32 Å². The molecular formula is C26H26FN5O3. The number of carbonyl (C=O) groups is 3. The Bertz CT molecular complexity index is 1300. The van der Waals surface area contributed by atoms with Crippen molar-refractivity contribution in [1.29, 1.82) is 0 Å². The molecule has 1 aliphatic heterocycles. The van der Waals surface area contributed by atoms with Gasteiger partial charge in [0.05, 0.1) is 12.9 Å². The van der Waals surface area contributed by atoms with E-state index in [2.05, 4.69) is 15.6 Å². The molecule has 1 atom stereocenters. The summed E-state index contributed by atoms with van der Waals surface area (Å²) < 4.78 is 14.8. The Morgan fingerprint density at radius 2 is 1.80 bits per heavy atom. The highest BCUT2D eigenvalue weighted by Gasteiger charge is 2.53. The number of benzene rings is 2. The zero-order valence-corrected chi connectivity index (χ0v) is 19.5. The van der Waals surface area contributed by atoms with Gasteiger partial charge in [-0.05, 0) is 56.5 Å². The highest BCUT2D eigenvalue weighted by molar-refractivity contribution is 6.11. The molecule has 2 aromatic carbocycles. The summed E-state index contributed by atoms with van der Waals surface area (Å²) in [5.74, 6) is -1.52. The Morgan fingerprint density at radius 1 is 1.11 bits per heavy atom. The number of rotatable bonds is 6. The molecule has 2 N–H and O–H groups in total. The second kappa shape index (κ2) is 8.65. The number of fused-ring (bicyclic) bond motifs is 1. The number of hydrogen-bond donors (Lipinski definition) is 2. The molecular weight excluding hydrogens is 449 g/mol. The fourth-order valence-corrected chi connectivity index (χ4v) is 4.52. The van der Waals surface area contributed by atoms with Crippen molar-refractivity contribution in [2.24, 2.45) is 0 Å². The topological polar surface area (TPSA) is 96.3 Å². The summed E-state index contributed by atoms with van der Waals surface area (Å²) in [6.07, 6.45) is 3.03. The maximum atomic E-state index is 13.7. The van der Waals surface area contributed by atoms with Crippen molar-refractivity contribution >= 4 is 23.4 Å². The van der Waals surface area contributed by atoms with E-state index < -0.39 is 11.4 Å². The summed E-state index contributed by atoms with van der Waals surface area (Å²) in [4.78, 5) is 45.9. The van der Waals surface area contributed by atoms with Crippen LogP contribution in [-0.4, -0.2) is 43.8 Å². The van der Waals surface area contributed by atoms with Crippen LogP contribution in [0.15, 0.2) is 54.9 Å². The van der Waals surface area contributed by atoms with E-state index in [1.165, 1.54) is 18.5 Å². The van der Waals surface area contributed by atoms with Crippen LogP contribution in [0.2, 0.25) is 0 Å². The second-order valence-electron chi connectivity index (χ2n) is 9.38. The number of imidazole rings is 1. The minimum Gasteiger partial charge on any atom is -0.350 e. The fourth-order valence-electron chi connectivity index (χ4n) is 4.52. The van der Waals surface area contributed by atoms with Gasteiger partial charge in [-0.2, -0.15) is 0 Å². The number of amides is 3. The summed E-state index contributed by atoms with van der Waals surface area (Å²) >= 11 is 0. The van der Waals surface area contributed by atoms with E-state index in [0.717, 1.165) is 24.0 Å². The smallest absolute Gasteiger partial charge is 0.276 e. The standard InChI is InChI=1S/C26H26FN5O3/c1-16-3-9-19(10-4-16)30-23(33)21-22-24(34)32(20-11-12-20)26(2,14-31(22)15-29-21)25(35)28-13-17-5-7-18(27)8-6-17/h3-10,15,20H,11-14H2,1-2H3,(H,28,35)(H,30,33)/t26-/m1/s1. The molecule has 0 radical (unpaired) electrons. The van der Waals surface area contributed by atoms with Crippen LogP contribution in [0.3, 0.4) is 0 Å². The van der Waals surface area contributed by atoms with Crippen molar-refractivity contribution in [3.8, 4) is 0 Å². The maximum absolute atomic E-state index is 13.7. The lowest BCUT2D eigenvalue weighted by Crippen LogP contribution is -2.64. The van der Waals surface area contributed by atoms with Crippen molar-refractivity contribution < 1.29 is 18.8 Å². The Kier molecular flexibility index (Phi) is 5.62. The number of nitrogens with zero attached hydrogens (tertiary/aromatic N) is 3. The van der Waals surface area contributed by atoms with Crippen molar-refractivity contribution in [3.63, 3.8) is 0 Å². The quantitative estimate of drug-likeness (QED) is 0.572. The molecule has 8 nitrogen and oxygen atoms in total. The Hall–Kier alpha value is -4.01. The Balaban J connectivity index is 1.39. The van der Waals surface area contributed by atoms with Gasteiger partial charge in [-0.15, -0.1) is 0 Å². The van der Waals surface area contributed by atoms with Crippen molar-refractivity contribution in [3.05, 3.63) is 83.2 Å². The van der Waals surface area contributed by atoms with Gasteiger partial charge < -0.3 is 20.1 Å². The lowest BCUT2D eigenvalue weighted by atomic mass is 9.93. The zero-order valence-electron chi connectivity index (χ0n) is 19.5. The van der Waals surface area contributed by atoms with E-state index in [-0.39, 0.29) is 48.2 Å². The molecule has 3 amide bonds. The van der Waals surface area contributed by atoms with Crippen molar-refractivity contribution in [1.82, 2.24) is 19.8 Å². The van der Waals surface area contributed by atoms with Gasteiger partial charge in [0.2, 0.25) is 5.91 Å². The molecule has 5 rings (SSSR count). The fraction of sp³-hybridized carbons (Fsp3) is 0.308. The molecule has 35 heavy (non-hydrogen) atoms. The van der Waals surface area contributed by atoms with E-state index in [4.69, 9.17) is 0 Å². The number of hydrogen-bond acceptors (Lipinski definition) is 4. The molecule has 1 aromatic heterocycles. The molecule has 0 spiro atoms. The third-order valence-electron chi connectivity index (χ3n) is 6.56. The van der Waals surface area contributed by atoms with Crippen molar-refractivity contribution in [2.45, 2.75) is 51.4 Å². The largest absolute Gasteiger partial charge is 0.350 e. The first-order valence-electron chi connectivity index (χ1n) is 11.6. The van der Waals surface area contributed by atoms with Crippen LogP contribution in [0.25, 0.3) is 0 Å². The van der Waals surface area contributed by atoms with Crippen LogP contribution >= 0.6 is 0 Å². The van der Waals surface area contributed by atoms with Gasteiger partial charge in [0, 0.05) is 18.3 Å². The molecule has 0 bridgehead atoms. The summed E-state index contributed by atoms with van der Waals surface area (Å²) in [6, 6.07) is 13.2. The Labute approximate surface area is 202 Å².